The summed E-state index contributed by atoms with van der Waals surface area (Å²) in [6, 6.07) is 31.8. The molecule has 3 aromatic carbocycles. The molecular weight excluding hydrogens is 463 g/mol. The van der Waals surface area contributed by atoms with E-state index in [4.69, 9.17) is 4.43 Å². The molecule has 162 valence electrons. The number of aldehydes is 1. The van der Waals surface area contributed by atoms with Gasteiger partial charge in [-0.2, -0.15) is 0 Å². The van der Waals surface area contributed by atoms with Gasteiger partial charge >= 0.3 is 195 Å². The van der Waals surface area contributed by atoms with E-state index in [1.54, 1.807) is 0 Å². The number of carbonyl (C=O) groups excluding carboxylic acids is 1. The van der Waals surface area contributed by atoms with Crippen LogP contribution in [0.1, 0.15) is 33.6 Å². The molecule has 3 rings (SSSR count). The van der Waals surface area contributed by atoms with E-state index in [0.717, 1.165) is 19.1 Å². The Labute approximate surface area is 194 Å². The molecule has 3 aromatic rings. The Morgan fingerprint density at radius 3 is 1.77 bits per heavy atom. The Morgan fingerprint density at radius 1 is 0.839 bits per heavy atom. The van der Waals surface area contributed by atoms with Crippen molar-refractivity contribution in [3.05, 3.63) is 91.0 Å². The monoisotopic (exact) mass is 496 g/mol. The standard InChI is InChI=1S/C27H32O2SeSi/c1-27(2,3)31(25-17-9-5-10-18-25,26-19-11-6-12-20-26)29-21-13-16-24(22-28)30-23-14-7-4-8-15-23/h4-12,14-15,17-20,22,24H,13,16,21H2,1-3H3. The van der Waals surface area contributed by atoms with Crippen molar-refractivity contribution in [1.29, 1.82) is 0 Å². The molecule has 4 heteroatoms. The zero-order valence-electron chi connectivity index (χ0n) is 18.7. The SMILES string of the molecule is CC(C)(C)[Si](OCCCC(C=O)[Se]c1ccccc1)(c1ccccc1)c1ccccc1. The second-order valence-corrected chi connectivity index (χ2v) is 15.8. The molecule has 0 amide bonds. The van der Waals surface area contributed by atoms with Crippen LogP contribution in [0.2, 0.25) is 9.85 Å². The van der Waals surface area contributed by atoms with Gasteiger partial charge in [-0.3, -0.25) is 0 Å². The molecule has 0 saturated carbocycles. The van der Waals surface area contributed by atoms with Crippen LogP contribution in [-0.4, -0.2) is 36.2 Å². The third kappa shape index (κ3) is 5.84. The Bertz CT molecular complexity index is 884. The zero-order valence-corrected chi connectivity index (χ0v) is 21.4. The molecule has 2 nitrogen and oxygen atoms in total. The van der Waals surface area contributed by atoms with Crippen LogP contribution >= 0.6 is 0 Å². The van der Waals surface area contributed by atoms with E-state index in [1.807, 2.05) is 18.2 Å². The molecule has 0 saturated heterocycles. The summed E-state index contributed by atoms with van der Waals surface area (Å²) in [5.74, 6) is 0. The topological polar surface area (TPSA) is 26.3 Å². The van der Waals surface area contributed by atoms with Crippen LogP contribution in [-0.2, 0) is 9.22 Å². The molecule has 0 aromatic heterocycles. The van der Waals surface area contributed by atoms with Crippen LogP contribution in [0.15, 0.2) is 91.0 Å². The van der Waals surface area contributed by atoms with E-state index in [-0.39, 0.29) is 24.8 Å². The molecule has 0 bridgehead atoms. The van der Waals surface area contributed by atoms with Crippen molar-refractivity contribution < 1.29 is 9.22 Å². The first-order valence-corrected chi connectivity index (χ1v) is 14.6. The summed E-state index contributed by atoms with van der Waals surface area (Å²) in [5, 5.41) is 2.58. The predicted molar refractivity (Wildman–Crippen MR) is 134 cm³/mol. The molecule has 31 heavy (non-hydrogen) atoms. The van der Waals surface area contributed by atoms with Crippen molar-refractivity contribution in [2.24, 2.45) is 0 Å². The van der Waals surface area contributed by atoms with E-state index in [1.165, 1.54) is 14.8 Å². The van der Waals surface area contributed by atoms with E-state index in [2.05, 4.69) is 93.6 Å². The third-order valence-electron chi connectivity index (χ3n) is 5.55. The van der Waals surface area contributed by atoms with Crippen LogP contribution in [0.4, 0.5) is 0 Å². The molecule has 0 fully saturated rings. The minimum atomic E-state index is -2.49. The summed E-state index contributed by atoms with van der Waals surface area (Å²) < 4.78 is 8.22. The molecule has 0 aliphatic carbocycles. The maximum atomic E-state index is 11.7. The fraction of sp³-hybridized carbons (Fsp3) is 0.296. The van der Waals surface area contributed by atoms with Crippen molar-refractivity contribution >= 4 is 44.4 Å². The van der Waals surface area contributed by atoms with E-state index in [0.29, 0.717) is 6.61 Å². The maximum absolute atomic E-state index is 11.7. The van der Waals surface area contributed by atoms with Crippen LogP contribution in [0.3, 0.4) is 0 Å². The Morgan fingerprint density at radius 2 is 1.32 bits per heavy atom. The van der Waals surface area contributed by atoms with Gasteiger partial charge in [0.2, 0.25) is 0 Å². The van der Waals surface area contributed by atoms with Crippen molar-refractivity contribution in [2.75, 3.05) is 6.61 Å². The number of benzene rings is 3. The molecule has 0 aliphatic rings. The summed E-state index contributed by atoms with van der Waals surface area (Å²) in [7, 11) is -2.49. The summed E-state index contributed by atoms with van der Waals surface area (Å²) >= 11 is 0.167. The van der Waals surface area contributed by atoms with Gasteiger partial charge in [0.15, 0.2) is 0 Å². The second kappa shape index (κ2) is 11.1. The Balaban J connectivity index is 1.77. The first-order chi connectivity index (χ1) is 15.0. The molecule has 1 atom stereocenters. The van der Waals surface area contributed by atoms with Gasteiger partial charge in [0.25, 0.3) is 0 Å². The van der Waals surface area contributed by atoms with Gasteiger partial charge in [-0.25, -0.2) is 0 Å². The van der Waals surface area contributed by atoms with Gasteiger partial charge in [-0.05, 0) is 0 Å². The second-order valence-electron chi connectivity index (χ2n) is 8.76. The minimum absolute atomic E-state index is 0.0201. The number of rotatable bonds is 10. The van der Waals surface area contributed by atoms with Gasteiger partial charge in [-0.15, -0.1) is 0 Å². The number of hydrogen-bond acceptors (Lipinski definition) is 2. The van der Waals surface area contributed by atoms with Crippen molar-refractivity contribution in [1.82, 2.24) is 0 Å². The first-order valence-electron chi connectivity index (χ1n) is 10.9. The predicted octanol–water partition coefficient (Wildman–Crippen LogP) is 4.36. The quantitative estimate of drug-likeness (QED) is 0.237. The average molecular weight is 496 g/mol. The third-order valence-corrected chi connectivity index (χ3v) is 13.1. The van der Waals surface area contributed by atoms with Crippen molar-refractivity contribution in [3.8, 4) is 0 Å². The Hall–Kier alpha value is -1.97. The zero-order chi connectivity index (χ0) is 22.2. The van der Waals surface area contributed by atoms with Crippen LogP contribution in [0.5, 0.6) is 0 Å². The van der Waals surface area contributed by atoms with Gasteiger partial charge in [-0.1, -0.05) is 0 Å². The number of hydrogen-bond donors (Lipinski definition) is 0. The van der Waals surface area contributed by atoms with Gasteiger partial charge in [0.05, 0.1) is 0 Å². The summed E-state index contributed by atoms with van der Waals surface area (Å²) in [4.78, 5) is 11.8. The fourth-order valence-electron chi connectivity index (χ4n) is 4.10. The molecular formula is C27H32O2SeSi. The van der Waals surface area contributed by atoms with E-state index < -0.39 is 8.32 Å². The van der Waals surface area contributed by atoms with Gasteiger partial charge in [0, 0.05) is 0 Å². The van der Waals surface area contributed by atoms with E-state index in [9.17, 15) is 4.79 Å². The average Bonchev–Trinajstić information content (AvgIpc) is 2.79. The van der Waals surface area contributed by atoms with Crippen molar-refractivity contribution in [3.63, 3.8) is 0 Å². The molecule has 0 N–H and O–H groups in total. The van der Waals surface area contributed by atoms with Gasteiger partial charge < -0.3 is 0 Å². The molecule has 0 aliphatic heterocycles. The van der Waals surface area contributed by atoms with E-state index >= 15 is 0 Å². The molecule has 0 radical (unpaired) electrons. The summed E-state index contributed by atoms with van der Waals surface area (Å²) in [6.07, 6.45) is 2.90. The number of carbonyl (C=O) groups is 1. The van der Waals surface area contributed by atoms with Crippen LogP contribution < -0.4 is 14.8 Å². The normalized spacial score (nSPS) is 13.0. The van der Waals surface area contributed by atoms with Crippen LogP contribution in [0.25, 0.3) is 0 Å². The summed E-state index contributed by atoms with van der Waals surface area (Å²) in [5.41, 5.74) is 0. The van der Waals surface area contributed by atoms with Crippen molar-refractivity contribution in [2.45, 2.75) is 43.5 Å². The fourth-order valence-corrected chi connectivity index (χ4v) is 10.8. The summed E-state index contributed by atoms with van der Waals surface area (Å²) in [6.45, 7) is 7.56. The Kier molecular flexibility index (Phi) is 8.45. The molecule has 1 unspecified atom stereocenters. The van der Waals surface area contributed by atoms with Crippen LogP contribution in [0, 0.1) is 0 Å². The first kappa shape index (κ1) is 23.7. The molecule has 0 spiro atoms. The molecule has 0 heterocycles. The van der Waals surface area contributed by atoms with Gasteiger partial charge in [0.1, 0.15) is 0 Å².